The summed E-state index contributed by atoms with van der Waals surface area (Å²) in [6, 6.07) is 22.5. The van der Waals surface area contributed by atoms with Crippen LogP contribution in [0.5, 0.6) is 0 Å². The van der Waals surface area contributed by atoms with E-state index in [1.807, 2.05) is 48.5 Å². The molecule has 5 rings (SSSR count). The van der Waals surface area contributed by atoms with Gasteiger partial charge in [0.05, 0.1) is 11.6 Å². The lowest BCUT2D eigenvalue weighted by Gasteiger charge is -2.31. The van der Waals surface area contributed by atoms with Gasteiger partial charge in [-0.15, -0.1) is 0 Å². The van der Waals surface area contributed by atoms with E-state index in [0.717, 1.165) is 29.5 Å². The highest BCUT2D eigenvalue weighted by molar-refractivity contribution is 5.94. The number of ether oxygens (including phenoxy) is 1. The van der Waals surface area contributed by atoms with Crippen molar-refractivity contribution >= 4 is 23.1 Å². The number of hydrogen-bond donors (Lipinski definition) is 1. The second kappa shape index (κ2) is 12.0. The first-order chi connectivity index (χ1) is 19.4. The molecule has 1 aliphatic heterocycles. The van der Waals surface area contributed by atoms with Crippen molar-refractivity contribution in [1.29, 1.82) is 5.26 Å². The molecule has 0 aliphatic carbocycles. The normalized spacial score (nSPS) is 13.8. The largest absolute Gasteiger partial charge is 0.445 e. The molecule has 4 aromatic rings. The third-order valence-electron chi connectivity index (χ3n) is 7.29. The first-order valence-corrected chi connectivity index (χ1v) is 13.6. The maximum absolute atomic E-state index is 12.8. The maximum atomic E-state index is 12.8. The lowest BCUT2D eigenvalue weighted by atomic mass is 9.97. The number of nitrogens with one attached hydrogen (secondary N) is 1. The van der Waals surface area contributed by atoms with Gasteiger partial charge in [0.15, 0.2) is 5.58 Å². The minimum Gasteiger partial charge on any atom is -0.445 e. The minimum absolute atomic E-state index is 0.144. The molecule has 40 heavy (non-hydrogen) atoms. The van der Waals surface area contributed by atoms with Crippen LogP contribution in [-0.2, 0) is 11.3 Å². The van der Waals surface area contributed by atoms with Crippen LogP contribution in [0.4, 0.5) is 4.79 Å². The minimum atomic E-state index is -0.295. The van der Waals surface area contributed by atoms with E-state index in [0.29, 0.717) is 53.7 Å². The van der Waals surface area contributed by atoms with Gasteiger partial charge in [0, 0.05) is 36.3 Å². The number of fused-ring (bicyclic) bond motifs is 1. The fourth-order valence-electron chi connectivity index (χ4n) is 4.91. The van der Waals surface area contributed by atoms with Crippen LogP contribution in [0.1, 0.15) is 59.7 Å². The van der Waals surface area contributed by atoms with Crippen LogP contribution in [0.25, 0.3) is 22.6 Å². The van der Waals surface area contributed by atoms with E-state index in [-0.39, 0.29) is 24.5 Å². The molecule has 204 valence electrons. The van der Waals surface area contributed by atoms with E-state index in [2.05, 4.69) is 30.2 Å². The number of aromatic nitrogens is 1. The highest BCUT2D eigenvalue weighted by Gasteiger charge is 2.24. The SMILES string of the molecule is CC(C)c1cc(C#N)cc2nc(-c3ccc(C(=O)NCC4CCN(C(=O)OCc5ccccc5)CC4)cc3)oc12. The predicted molar refractivity (Wildman–Crippen MR) is 152 cm³/mol. The monoisotopic (exact) mass is 536 g/mol. The zero-order chi connectivity index (χ0) is 28.1. The number of nitriles is 1. The van der Waals surface area contributed by atoms with E-state index < -0.39 is 0 Å². The van der Waals surface area contributed by atoms with E-state index in [9.17, 15) is 14.9 Å². The number of piperidine rings is 1. The van der Waals surface area contributed by atoms with Crippen molar-refractivity contribution in [1.82, 2.24) is 15.2 Å². The summed E-state index contributed by atoms with van der Waals surface area (Å²) in [4.78, 5) is 31.5. The number of nitrogens with zero attached hydrogens (tertiary/aromatic N) is 3. The van der Waals surface area contributed by atoms with Gasteiger partial charge in [-0.25, -0.2) is 9.78 Å². The number of amides is 2. The summed E-state index contributed by atoms with van der Waals surface area (Å²) in [6.45, 7) is 6.15. The number of benzene rings is 3. The van der Waals surface area contributed by atoms with Crippen molar-refractivity contribution in [2.75, 3.05) is 19.6 Å². The number of hydrogen-bond acceptors (Lipinski definition) is 6. The van der Waals surface area contributed by atoms with Crippen LogP contribution >= 0.6 is 0 Å². The van der Waals surface area contributed by atoms with E-state index >= 15 is 0 Å². The Balaban J connectivity index is 1.12. The number of carbonyl (C=O) groups is 2. The molecular weight excluding hydrogens is 504 g/mol. The first-order valence-electron chi connectivity index (χ1n) is 13.6. The molecule has 8 heteroatoms. The van der Waals surface area contributed by atoms with Gasteiger partial charge in [-0.3, -0.25) is 4.79 Å². The standard InChI is InChI=1S/C32H32N4O4/c1-21(2)27-16-24(18-33)17-28-29(27)40-31(35-28)26-10-8-25(9-11-26)30(37)34-19-22-12-14-36(15-13-22)32(38)39-20-23-6-4-3-5-7-23/h3-11,16-17,21-22H,12-15,19-20H2,1-2H3,(H,34,37). The summed E-state index contributed by atoms with van der Waals surface area (Å²) in [5.41, 5.74) is 5.10. The van der Waals surface area contributed by atoms with Crippen molar-refractivity contribution in [2.45, 2.75) is 39.2 Å². The molecule has 2 amide bonds. The summed E-state index contributed by atoms with van der Waals surface area (Å²) in [5, 5.41) is 12.4. The lowest BCUT2D eigenvalue weighted by Crippen LogP contribution is -2.41. The molecule has 1 aliphatic rings. The molecule has 1 fully saturated rings. The van der Waals surface area contributed by atoms with Gasteiger partial charge < -0.3 is 19.4 Å². The fourth-order valence-corrected chi connectivity index (χ4v) is 4.91. The molecule has 0 saturated carbocycles. The van der Waals surface area contributed by atoms with Crippen LogP contribution in [-0.4, -0.2) is 41.5 Å². The molecule has 0 unspecified atom stereocenters. The Morgan fingerprint density at radius 3 is 2.50 bits per heavy atom. The van der Waals surface area contributed by atoms with Crippen molar-refractivity contribution in [3.8, 4) is 17.5 Å². The first kappa shape index (κ1) is 26.9. The topological polar surface area (TPSA) is 108 Å². The number of oxazole rings is 1. The highest BCUT2D eigenvalue weighted by atomic mass is 16.6. The van der Waals surface area contributed by atoms with Crippen molar-refractivity contribution < 1.29 is 18.7 Å². The van der Waals surface area contributed by atoms with Crippen molar-refractivity contribution in [3.63, 3.8) is 0 Å². The molecule has 1 saturated heterocycles. The summed E-state index contributed by atoms with van der Waals surface area (Å²) >= 11 is 0. The van der Waals surface area contributed by atoms with Gasteiger partial charge in [-0.05, 0) is 66.6 Å². The highest BCUT2D eigenvalue weighted by Crippen LogP contribution is 2.31. The van der Waals surface area contributed by atoms with Crippen LogP contribution < -0.4 is 5.32 Å². The second-order valence-electron chi connectivity index (χ2n) is 10.5. The molecule has 3 aromatic carbocycles. The van der Waals surface area contributed by atoms with E-state index in [1.54, 1.807) is 23.1 Å². The van der Waals surface area contributed by atoms with Crippen LogP contribution in [0.3, 0.4) is 0 Å². The average Bonchev–Trinajstić information content (AvgIpc) is 3.43. The average molecular weight is 537 g/mol. The summed E-state index contributed by atoms with van der Waals surface area (Å²) in [5.74, 6) is 0.792. The third kappa shape index (κ3) is 6.15. The van der Waals surface area contributed by atoms with Gasteiger partial charge in [-0.2, -0.15) is 5.26 Å². The van der Waals surface area contributed by atoms with Gasteiger partial charge in [0.25, 0.3) is 5.91 Å². The predicted octanol–water partition coefficient (Wildman–Crippen LogP) is 6.27. The van der Waals surface area contributed by atoms with Crippen LogP contribution in [0.15, 0.2) is 71.1 Å². The zero-order valence-electron chi connectivity index (χ0n) is 22.7. The summed E-state index contributed by atoms with van der Waals surface area (Å²) in [7, 11) is 0. The van der Waals surface area contributed by atoms with Crippen molar-refractivity contribution in [3.05, 3.63) is 89.0 Å². The Labute approximate surface area is 233 Å². The van der Waals surface area contributed by atoms with Crippen molar-refractivity contribution in [2.24, 2.45) is 5.92 Å². The van der Waals surface area contributed by atoms with Gasteiger partial charge in [0.1, 0.15) is 12.1 Å². The number of rotatable bonds is 7. The Hall–Kier alpha value is -4.64. The molecule has 0 spiro atoms. The summed E-state index contributed by atoms with van der Waals surface area (Å²) < 4.78 is 11.5. The van der Waals surface area contributed by atoms with Gasteiger partial charge in [0.2, 0.25) is 5.89 Å². The molecule has 0 atom stereocenters. The van der Waals surface area contributed by atoms with E-state index in [1.165, 1.54) is 0 Å². The summed E-state index contributed by atoms with van der Waals surface area (Å²) in [6.07, 6.45) is 1.32. The Kier molecular flexibility index (Phi) is 8.11. The zero-order valence-corrected chi connectivity index (χ0v) is 22.7. The molecule has 2 heterocycles. The lowest BCUT2D eigenvalue weighted by molar-refractivity contribution is 0.0801. The Morgan fingerprint density at radius 1 is 1.10 bits per heavy atom. The molecule has 1 N–H and O–H groups in total. The molecule has 8 nitrogen and oxygen atoms in total. The molecule has 1 aromatic heterocycles. The van der Waals surface area contributed by atoms with Crippen LogP contribution in [0.2, 0.25) is 0 Å². The molecule has 0 bridgehead atoms. The second-order valence-corrected chi connectivity index (χ2v) is 10.5. The Bertz CT molecular complexity index is 1530. The smallest absolute Gasteiger partial charge is 0.410 e. The molecular formula is C32H32N4O4. The quantitative estimate of drug-likeness (QED) is 0.298. The number of likely N-dealkylation sites (tertiary alicyclic amines) is 1. The Morgan fingerprint density at radius 2 is 1.82 bits per heavy atom. The van der Waals surface area contributed by atoms with Gasteiger partial charge in [-0.1, -0.05) is 44.2 Å². The maximum Gasteiger partial charge on any atom is 0.410 e. The van der Waals surface area contributed by atoms with Gasteiger partial charge >= 0.3 is 6.09 Å². The molecule has 0 radical (unpaired) electrons. The fraction of sp³-hybridized carbons (Fsp3) is 0.312. The van der Waals surface area contributed by atoms with Crippen LogP contribution in [0, 0.1) is 17.2 Å². The van der Waals surface area contributed by atoms with E-state index in [4.69, 9.17) is 9.15 Å². The third-order valence-corrected chi connectivity index (χ3v) is 7.29. The number of carbonyl (C=O) groups excluding carboxylic acids is 2.